The molecule has 0 saturated heterocycles. The van der Waals surface area contributed by atoms with E-state index in [1.165, 1.54) is 97.1 Å². The fourth-order valence-electron chi connectivity index (χ4n) is 4.93. The second-order valence-electron chi connectivity index (χ2n) is 12.1. The number of rotatable bonds is 16. The number of hydrogen-bond donors (Lipinski definition) is 0. The summed E-state index contributed by atoms with van der Waals surface area (Å²) >= 11 is 0. The number of carbonyl (C=O) groups excluding carboxylic acids is 8. The number of benzene rings is 4. The summed E-state index contributed by atoms with van der Waals surface area (Å²) < 4.78 is 47.6. The zero-order valence-corrected chi connectivity index (χ0v) is 31.5. The molecule has 4 aromatic rings. The Labute approximate surface area is 330 Å². The molecule has 17 nitrogen and oxygen atoms in total. The highest BCUT2D eigenvalue weighted by Crippen LogP contribution is 2.29. The van der Waals surface area contributed by atoms with Gasteiger partial charge in [-0.2, -0.15) is 0 Å². The van der Waals surface area contributed by atoms with Crippen molar-refractivity contribution in [1.82, 2.24) is 0 Å². The highest BCUT2D eigenvalue weighted by atomic mass is 16.7. The van der Waals surface area contributed by atoms with Gasteiger partial charge in [-0.3, -0.25) is 14.4 Å². The molecule has 0 atom stereocenters. The van der Waals surface area contributed by atoms with Crippen LogP contribution in [0.4, 0.5) is 4.79 Å². The number of para-hydroxylation sites is 4. The number of carbonyl (C=O) groups is 8. The van der Waals surface area contributed by atoms with Crippen LogP contribution in [-0.2, 0) is 38.1 Å². The highest BCUT2D eigenvalue weighted by Gasteiger charge is 2.39. The van der Waals surface area contributed by atoms with Crippen LogP contribution in [0.2, 0.25) is 0 Å². The van der Waals surface area contributed by atoms with Gasteiger partial charge in [-0.15, -0.1) is 0 Å². The van der Waals surface area contributed by atoms with Gasteiger partial charge in [0.15, 0.2) is 0 Å². The van der Waals surface area contributed by atoms with Crippen LogP contribution in [0.1, 0.15) is 62.2 Å². The molecule has 0 fully saturated rings. The van der Waals surface area contributed by atoms with E-state index in [-0.39, 0.29) is 45.3 Å². The molecule has 302 valence electrons. The van der Waals surface area contributed by atoms with Gasteiger partial charge in [-0.05, 0) is 48.5 Å². The number of methoxy groups -OCH3 is 1. The van der Waals surface area contributed by atoms with Crippen LogP contribution in [0.25, 0.3) is 0 Å². The maximum Gasteiger partial charge on any atom is 0.513 e. The largest absolute Gasteiger partial charge is 0.513 e. The molecule has 4 rings (SSSR count). The predicted molar refractivity (Wildman–Crippen MR) is 196 cm³/mol. The zero-order valence-electron chi connectivity index (χ0n) is 31.5. The standard InChI is InChI=1S/C41H36O17/c1-25(42)55-32-17-9-5-13-28(32)36(45)51-21-41(22-52-37(46)29-14-6-10-18-33(29)56-26(2)43,23-53-38(47)30-15-7-11-19-34(30)57-27(3)44)24-54-39(48)31-16-8-12-20-35(31)58-40(49)50-4/h5-20H,21-24H2,1-4H3. The lowest BCUT2D eigenvalue weighted by molar-refractivity contribution is -0.132. The third kappa shape index (κ3) is 12.2. The van der Waals surface area contributed by atoms with E-state index in [4.69, 9.17) is 37.9 Å². The van der Waals surface area contributed by atoms with Crippen molar-refractivity contribution in [2.75, 3.05) is 33.5 Å². The molecule has 0 aliphatic heterocycles. The van der Waals surface area contributed by atoms with Crippen molar-refractivity contribution in [2.45, 2.75) is 20.8 Å². The Morgan fingerprint density at radius 2 is 0.638 bits per heavy atom. The number of ether oxygens (including phenoxy) is 9. The third-order valence-corrected chi connectivity index (χ3v) is 7.59. The third-order valence-electron chi connectivity index (χ3n) is 7.59. The first-order chi connectivity index (χ1) is 27.7. The first-order valence-electron chi connectivity index (χ1n) is 17.1. The van der Waals surface area contributed by atoms with Crippen LogP contribution in [0.5, 0.6) is 23.0 Å². The summed E-state index contributed by atoms with van der Waals surface area (Å²) in [6.45, 7) is 0.158. The fraction of sp³-hybridized carbons (Fsp3) is 0.220. The van der Waals surface area contributed by atoms with Gasteiger partial charge in [0.1, 0.15) is 77.1 Å². The minimum absolute atomic E-state index is 0.152. The van der Waals surface area contributed by atoms with E-state index in [0.717, 1.165) is 27.9 Å². The average Bonchev–Trinajstić information content (AvgIpc) is 3.20. The van der Waals surface area contributed by atoms with E-state index < -0.39 is 79.8 Å². The van der Waals surface area contributed by atoms with Crippen molar-refractivity contribution in [3.05, 3.63) is 119 Å². The van der Waals surface area contributed by atoms with Crippen LogP contribution in [-0.4, -0.2) is 81.5 Å². The molecule has 58 heavy (non-hydrogen) atoms. The minimum Gasteiger partial charge on any atom is -0.461 e. The Bertz CT molecular complexity index is 2010. The summed E-state index contributed by atoms with van der Waals surface area (Å²) in [5, 5.41) is 0. The molecule has 0 unspecified atom stereocenters. The van der Waals surface area contributed by atoms with Crippen molar-refractivity contribution in [2.24, 2.45) is 5.41 Å². The summed E-state index contributed by atoms with van der Waals surface area (Å²) in [5.74, 6) is -7.16. The topological polar surface area (TPSA) is 220 Å². The first-order valence-corrected chi connectivity index (χ1v) is 17.1. The predicted octanol–water partition coefficient (Wildman–Crippen LogP) is 5.32. The molecule has 0 saturated carbocycles. The van der Waals surface area contributed by atoms with Crippen molar-refractivity contribution < 1.29 is 81.0 Å². The summed E-state index contributed by atoms with van der Waals surface area (Å²) in [4.78, 5) is 101. The van der Waals surface area contributed by atoms with Gasteiger partial charge in [0.25, 0.3) is 0 Å². The Kier molecular flexibility index (Phi) is 15.2. The average molecular weight is 801 g/mol. The molecule has 0 spiro atoms. The molecular weight excluding hydrogens is 764 g/mol. The highest BCUT2D eigenvalue weighted by molar-refractivity contribution is 5.95. The van der Waals surface area contributed by atoms with Crippen molar-refractivity contribution in [1.29, 1.82) is 0 Å². The van der Waals surface area contributed by atoms with E-state index in [1.807, 2.05) is 0 Å². The smallest absolute Gasteiger partial charge is 0.461 e. The molecule has 17 heteroatoms. The van der Waals surface area contributed by atoms with Crippen LogP contribution in [0, 0.1) is 5.41 Å². The minimum atomic E-state index is -1.95. The lowest BCUT2D eigenvalue weighted by Crippen LogP contribution is -2.44. The lowest BCUT2D eigenvalue weighted by Gasteiger charge is -2.32. The maximum absolute atomic E-state index is 13.6. The van der Waals surface area contributed by atoms with Gasteiger partial charge in [0.05, 0.1) is 7.11 Å². The molecule has 0 radical (unpaired) electrons. The maximum atomic E-state index is 13.6. The summed E-state index contributed by atoms with van der Waals surface area (Å²) in [7, 11) is 1.06. The molecule has 4 aromatic carbocycles. The van der Waals surface area contributed by atoms with E-state index in [9.17, 15) is 38.4 Å². The number of hydrogen-bond acceptors (Lipinski definition) is 17. The second kappa shape index (κ2) is 20.4. The van der Waals surface area contributed by atoms with Crippen LogP contribution < -0.4 is 18.9 Å². The van der Waals surface area contributed by atoms with E-state index in [2.05, 4.69) is 4.74 Å². The molecule has 0 heterocycles. The Balaban J connectivity index is 1.75. The fourth-order valence-corrected chi connectivity index (χ4v) is 4.93. The Morgan fingerprint density at radius 3 is 0.879 bits per heavy atom. The molecule has 0 N–H and O–H groups in total. The van der Waals surface area contributed by atoms with Crippen molar-refractivity contribution in [3.8, 4) is 23.0 Å². The molecule has 0 aliphatic rings. The van der Waals surface area contributed by atoms with Gasteiger partial charge in [0, 0.05) is 20.8 Å². The van der Waals surface area contributed by atoms with Crippen molar-refractivity contribution >= 4 is 47.9 Å². The summed E-state index contributed by atoms with van der Waals surface area (Å²) in [6.07, 6.45) is -1.14. The van der Waals surface area contributed by atoms with Crippen molar-refractivity contribution in [3.63, 3.8) is 0 Å². The van der Waals surface area contributed by atoms with Crippen LogP contribution >= 0.6 is 0 Å². The SMILES string of the molecule is COC(=O)Oc1ccccc1C(=O)OCC(COC(=O)c1ccccc1OC(C)=O)(COC(=O)c1ccccc1OC(C)=O)COC(=O)c1ccccc1OC(C)=O. The second-order valence-corrected chi connectivity index (χ2v) is 12.1. The molecular formula is C41H36O17. The normalized spacial score (nSPS) is 10.6. The van der Waals surface area contributed by atoms with E-state index >= 15 is 0 Å². The number of esters is 7. The van der Waals surface area contributed by atoms with Gasteiger partial charge in [0.2, 0.25) is 0 Å². The Hall–Kier alpha value is -7.56. The quantitative estimate of drug-likeness (QED) is 0.0605. The van der Waals surface area contributed by atoms with E-state index in [0.29, 0.717) is 0 Å². The van der Waals surface area contributed by atoms with Gasteiger partial charge in [-0.25, -0.2) is 24.0 Å². The van der Waals surface area contributed by atoms with Crippen LogP contribution in [0.3, 0.4) is 0 Å². The zero-order chi connectivity index (χ0) is 42.2. The summed E-state index contributed by atoms with van der Waals surface area (Å²) in [6, 6.07) is 22.3. The monoisotopic (exact) mass is 800 g/mol. The molecule has 0 aromatic heterocycles. The van der Waals surface area contributed by atoms with Gasteiger partial charge in [-0.1, -0.05) is 48.5 Å². The summed E-state index contributed by atoms with van der Waals surface area (Å²) in [5.41, 5.74) is -2.79. The van der Waals surface area contributed by atoms with Gasteiger partial charge >= 0.3 is 47.9 Å². The molecule has 0 bridgehead atoms. The molecule has 0 amide bonds. The lowest BCUT2D eigenvalue weighted by atomic mass is 9.92. The van der Waals surface area contributed by atoms with Gasteiger partial charge < -0.3 is 42.6 Å². The first kappa shape index (κ1) is 43.2. The molecule has 0 aliphatic carbocycles. The van der Waals surface area contributed by atoms with E-state index in [1.54, 1.807) is 0 Å². The Morgan fingerprint density at radius 1 is 0.397 bits per heavy atom. The van der Waals surface area contributed by atoms with Crippen LogP contribution in [0.15, 0.2) is 97.1 Å².